The van der Waals surface area contributed by atoms with E-state index in [-0.39, 0.29) is 30.3 Å². The van der Waals surface area contributed by atoms with Crippen LogP contribution >= 0.6 is 11.6 Å². The zero-order valence-corrected chi connectivity index (χ0v) is 19.5. The molecule has 0 fully saturated rings. The first-order chi connectivity index (χ1) is 14.6. The summed E-state index contributed by atoms with van der Waals surface area (Å²) < 4.78 is 0. The van der Waals surface area contributed by atoms with Crippen LogP contribution in [0.25, 0.3) is 0 Å². The molecule has 2 aliphatic rings. The fourth-order valence-corrected chi connectivity index (χ4v) is 4.27. The first-order valence-corrected chi connectivity index (χ1v) is 11.1. The molecule has 2 heterocycles. The third-order valence-corrected chi connectivity index (χ3v) is 6.01. The highest BCUT2D eigenvalue weighted by atomic mass is 35.5. The van der Waals surface area contributed by atoms with Crippen LogP contribution in [0.15, 0.2) is 35.5 Å². The molecule has 8 heteroatoms. The van der Waals surface area contributed by atoms with Crippen molar-refractivity contribution in [1.29, 1.82) is 0 Å². The van der Waals surface area contributed by atoms with E-state index in [1.807, 2.05) is 33.8 Å². The van der Waals surface area contributed by atoms with Gasteiger partial charge in [0.2, 0.25) is 5.91 Å². The second kappa shape index (κ2) is 9.30. The number of halogens is 1. The topological polar surface area (TPSA) is 81.8 Å². The maximum atomic E-state index is 13.6. The third-order valence-electron chi connectivity index (χ3n) is 5.66. The van der Waals surface area contributed by atoms with Crippen molar-refractivity contribution in [2.75, 3.05) is 20.1 Å². The lowest BCUT2D eigenvalue weighted by Gasteiger charge is -2.31. The standard InChI is InChI=1S/C23H31ClN4O3/c1-13(2)10-17(21(29)25-11-14(3)4)28-12-18-19(22(28)30)20(26-23(31)27(18)5)15-8-6-7-9-16(15)24/h6-9,13-14,17,20H,10-12H2,1-5H3,(H,25,29)(H,26,31)/t17-,20-/m0/s1. The Kier molecular flexibility index (Phi) is 6.94. The Morgan fingerprint density at radius 3 is 2.48 bits per heavy atom. The summed E-state index contributed by atoms with van der Waals surface area (Å²) in [6.45, 7) is 8.87. The maximum Gasteiger partial charge on any atom is 0.322 e. The van der Waals surface area contributed by atoms with Crippen molar-refractivity contribution >= 4 is 29.4 Å². The molecule has 2 N–H and O–H groups in total. The minimum atomic E-state index is -0.650. The number of urea groups is 1. The molecule has 2 atom stereocenters. The second-order valence-corrected chi connectivity index (χ2v) is 9.45. The van der Waals surface area contributed by atoms with E-state index < -0.39 is 12.1 Å². The number of benzene rings is 1. The van der Waals surface area contributed by atoms with Crippen LogP contribution in [0.4, 0.5) is 4.79 Å². The summed E-state index contributed by atoms with van der Waals surface area (Å²) in [5, 5.41) is 6.34. The van der Waals surface area contributed by atoms with E-state index in [1.165, 1.54) is 4.90 Å². The molecular weight excluding hydrogens is 416 g/mol. The average molecular weight is 447 g/mol. The Balaban J connectivity index is 1.96. The molecule has 0 saturated heterocycles. The SMILES string of the molecule is CC(C)CNC(=O)[C@H](CC(C)C)N1CC2=C(C1=O)[C@H](c1ccccc1Cl)NC(=O)N2C. The van der Waals surface area contributed by atoms with Crippen molar-refractivity contribution in [3.8, 4) is 0 Å². The zero-order chi connectivity index (χ0) is 22.9. The van der Waals surface area contributed by atoms with Gasteiger partial charge < -0.3 is 15.5 Å². The van der Waals surface area contributed by atoms with Gasteiger partial charge in [-0.25, -0.2) is 4.79 Å². The van der Waals surface area contributed by atoms with E-state index >= 15 is 0 Å². The summed E-state index contributed by atoms with van der Waals surface area (Å²) in [7, 11) is 1.64. The fraction of sp³-hybridized carbons (Fsp3) is 0.522. The van der Waals surface area contributed by atoms with E-state index in [9.17, 15) is 14.4 Å². The second-order valence-electron chi connectivity index (χ2n) is 9.04. The van der Waals surface area contributed by atoms with Gasteiger partial charge in [0, 0.05) is 18.6 Å². The van der Waals surface area contributed by atoms with Crippen molar-refractivity contribution in [2.24, 2.45) is 11.8 Å². The molecule has 0 bridgehead atoms. The first kappa shape index (κ1) is 23.1. The summed E-state index contributed by atoms with van der Waals surface area (Å²) in [6, 6.07) is 5.61. The number of hydrogen-bond acceptors (Lipinski definition) is 3. The lowest BCUT2D eigenvalue weighted by atomic mass is 9.95. The molecule has 0 unspecified atom stereocenters. The molecule has 31 heavy (non-hydrogen) atoms. The number of nitrogens with zero attached hydrogens (tertiary/aromatic N) is 2. The van der Waals surface area contributed by atoms with Crippen molar-refractivity contribution in [3.63, 3.8) is 0 Å². The molecule has 0 saturated carbocycles. The minimum Gasteiger partial charge on any atom is -0.354 e. The van der Waals surface area contributed by atoms with Gasteiger partial charge in [0.05, 0.1) is 23.9 Å². The van der Waals surface area contributed by atoms with Gasteiger partial charge in [-0.15, -0.1) is 0 Å². The molecule has 168 valence electrons. The van der Waals surface area contributed by atoms with Gasteiger partial charge in [-0.3, -0.25) is 14.5 Å². The van der Waals surface area contributed by atoms with Crippen molar-refractivity contribution in [2.45, 2.75) is 46.2 Å². The number of carbonyl (C=O) groups is 3. The van der Waals surface area contributed by atoms with Crippen molar-refractivity contribution in [3.05, 3.63) is 46.1 Å². The number of nitrogens with one attached hydrogen (secondary N) is 2. The smallest absolute Gasteiger partial charge is 0.322 e. The Hall–Kier alpha value is -2.54. The molecule has 1 aromatic carbocycles. The molecule has 4 amide bonds. The molecule has 7 nitrogen and oxygen atoms in total. The van der Waals surface area contributed by atoms with Crippen LogP contribution in [0.5, 0.6) is 0 Å². The summed E-state index contributed by atoms with van der Waals surface area (Å²) in [5.74, 6) is 0.128. The molecule has 1 aromatic rings. The Morgan fingerprint density at radius 1 is 1.19 bits per heavy atom. The summed E-state index contributed by atoms with van der Waals surface area (Å²) in [5.41, 5.74) is 1.75. The van der Waals surface area contributed by atoms with Crippen LogP contribution in [0.3, 0.4) is 0 Å². The molecule has 0 aromatic heterocycles. The highest BCUT2D eigenvalue weighted by molar-refractivity contribution is 6.31. The van der Waals surface area contributed by atoms with Gasteiger partial charge in [-0.2, -0.15) is 0 Å². The average Bonchev–Trinajstić information content (AvgIpc) is 3.05. The predicted molar refractivity (Wildman–Crippen MR) is 120 cm³/mol. The van der Waals surface area contributed by atoms with Crippen LogP contribution < -0.4 is 10.6 Å². The lowest BCUT2D eigenvalue weighted by molar-refractivity contribution is -0.137. The zero-order valence-electron chi connectivity index (χ0n) is 18.7. The van der Waals surface area contributed by atoms with Gasteiger partial charge in [0.25, 0.3) is 5.91 Å². The molecule has 2 aliphatic heterocycles. The fourth-order valence-electron chi connectivity index (χ4n) is 4.03. The van der Waals surface area contributed by atoms with E-state index in [1.54, 1.807) is 30.1 Å². The Bertz CT molecular complexity index is 912. The monoisotopic (exact) mass is 446 g/mol. The van der Waals surface area contributed by atoms with Crippen LogP contribution in [-0.4, -0.2) is 53.8 Å². The molecule has 0 spiro atoms. The van der Waals surface area contributed by atoms with E-state index in [0.29, 0.717) is 40.7 Å². The van der Waals surface area contributed by atoms with Crippen LogP contribution in [0.2, 0.25) is 5.02 Å². The van der Waals surface area contributed by atoms with Gasteiger partial charge in [-0.1, -0.05) is 57.5 Å². The largest absolute Gasteiger partial charge is 0.354 e. The number of likely N-dealkylation sites (N-methyl/N-ethyl adjacent to an activating group) is 1. The number of carbonyl (C=O) groups excluding carboxylic acids is 3. The molecular formula is C23H31ClN4O3. The molecule has 3 rings (SSSR count). The van der Waals surface area contributed by atoms with Crippen LogP contribution in [-0.2, 0) is 9.59 Å². The summed E-state index contributed by atoms with van der Waals surface area (Å²) in [6.07, 6.45) is 0.540. The highest BCUT2D eigenvalue weighted by Gasteiger charge is 2.46. The number of hydrogen-bond donors (Lipinski definition) is 2. The number of rotatable bonds is 7. The van der Waals surface area contributed by atoms with Crippen molar-refractivity contribution < 1.29 is 14.4 Å². The van der Waals surface area contributed by atoms with Gasteiger partial charge >= 0.3 is 6.03 Å². The maximum absolute atomic E-state index is 13.6. The first-order valence-electron chi connectivity index (χ1n) is 10.7. The highest BCUT2D eigenvalue weighted by Crippen LogP contribution is 2.39. The quantitative estimate of drug-likeness (QED) is 0.674. The lowest BCUT2D eigenvalue weighted by Crippen LogP contribution is -2.49. The Morgan fingerprint density at radius 2 is 1.87 bits per heavy atom. The number of amides is 4. The van der Waals surface area contributed by atoms with Gasteiger partial charge in [0.1, 0.15) is 6.04 Å². The van der Waals surface area contributed by atoms with Gasteiger partial charge in [0.15, 0.2) is 0 Å². The molecule has 0 aliphatic carbocycles. The van der Waals surface area contributed by atoms with Crippen LogP contribution in [0, 0.1) is 11.8 Å². The van der Waals surface area contributed by atoms with E-state index in [2.05, 4.69) is 10.6 Å². The summed E-state index contributed by atoms with van der Waals surface area (Å²) in [4.78, 5) is 42.3. The van der Waals surface area contributed by atoms with Crippen molar-refractivity contribution in [1.82, 2.24) is 20.4 Å². The normalized spacial score (nSPS) is 19.8. The van der Waals surface area contributed by atoms with E-state index in [0.717, 1.165) is 0 Å². The summed E-state index contributed by atoms with van der Waals surface area (Å²) >= 11 is 6.39. The van der Waals surface area contributed by atoms with E-state index in [4.69, 9.17) is 11.6 Å². The van der Waals surface area contributed by atoms with Gasteiger partial charge in [-0.05, 0) is 29.9 Å². The minimum absolute atomic E-state index is 0.160. The third kappa shape index (κ3) is 4.71. The molecule has 0 radical (unpaired) electrons. The Labute approximate surface area is 188 Å². The predicted octanol–water partition coefficient (Wildman–Crippen LogP) is 3.32. The van der Waals surface area contributed by atoms with Crippen LogP contribution in [0.1, 0.15) is 45.7 Å².